The summed E-state index contributed by atoms with van der Waals surface area (Å²) in [6, 6.07) is 12.8. The molecule has 1 atom stereocenters. The van der Waals surface area contributed by atoms with Crippen LogP contribution in [0.2, 0.25) is 0 Å². The number of aromatic nitrogens is 2. The highest BCUT2D eigenvalue weighted by molar-refractivity contribution is 6.01. The smallest absolute Gasteiger partial charge is 0.436 e. The highest BCUT2D eigenvalue weighted by Crippen LogP contribution is 2.38. The second kappa shape index (κ2) is 9.92. The molecule has 1 aliphatic rings. The van der Waals surface area contributed by atoms with Crippen LogP contribution >= 0.6 is 0 Å². The van der Waals surface area contributed by atoms with Gasteiger partial charge in [0.05, 0.1) is 32.4 Å². The lowest BCUT2D eigenvalue weighted by Crippen LogP contribution is -2.31. The quantitative estimate of drug-likeness (QED) is 0.488. The summed E-state index contributed by atoms with van der Waals surface area (Å²) in [7, 11) is 2.81. The third kappa shape index (κ3) is 5.00. The van der Waals surface area contributed by atoms with Crippen LogP contribution in [-0.2, 0) is 24.0 Å². The minimum atomic E-state index is -4.80. The third-order valence-corrected chi connectivity index (χ3v) is 6.01. The van der Waals surface area contributed by atoms with Gasteiger partial charge in [-0.15, -0.1) is 0 Å². The molecule has 0 fully saturated rings. The fourth-order valence-corrected chi connectivity index (χ4v) is 4.14. The van der Waals surface area contributed by atoms with Crippen LogP contribution in [0.3, 0.4) is 0 Å². The van der Waals surface area contributed by atoms with Gasteiger partial charge in [-0.3, -0.25) is 4.79 Å². The molecular weight excluding hydrogens is 477 g/mol. The molecule has 1 aromatic heterocycles. The maximum Gasteiger partial charge on any atom is 0.436 e. The maximum absolute atomic E-state index is 13.9. The molecule has 1 amide bonds. The molecule has 1 unspecified atom stereocenters. The van der Waals surface area contributed by atoms with E-state index in [1.165, 1.54) is 23.9 Å². The van der Waals surface area contributed by atoms with E-state index in [0.717, 1.165) is 5.56 Å². The lowest BCUT2D eigenvalue weighted by molar-refractivity contribution is -0.141. The number of hydrogen-bond acceptors (Lipinski definition) is 6. The zero-order valence-electron chi connectivity index (χ0n) is 19.9. The number of anilines is 1. The Bertz CT molecular complexity index is 1250. The van der Waals surface area contributed by atoms with Crippen molar-refractivity contribution in [2.45, 2.75) is 32.2 Å². The molecule has 3 aromatic rings. The second-order valence-electron chi connectivity index (χ2n) is 8.35. The Labute approximate surface area is 205 Å². The van der Waals surface area contributed by atoms with Gasteiger partial charge in [-0.05, 0) is 42.3 Å². The molecule has 4 rings (SSSR count). The topological polar surface area (TPSA) is 85.7 Å². The van der Waals surface area contributed by atoms with E-state index in [9.17, 15) is 22.8 Å². The lowest BCUT2D eigenvalue weighted by Gasteiger charge is -2.21. The van der Waals surface area contributed by atoms with Gasteiger partial charge in [-0.25, -0.2) is 9.48 Å². The number of ether oxygens (including phenoxy) is 2. The summed E-state index contributed by atoms with van der Waals surface area (Å²) in [5.41, 5.74) is 0.0601. The van der Waals surface area contributed by atoms with Crippen molar-refractivity contribution < 1.29 is 32.2 Å². The number of carbonyl (C=O) groups excluding carboxylic acids is 2. The van der Waals surface area contributed by atoms with Crippen LogP contribution < -0.4 is 15.0 Å². The van der Waals surface area contributed by atoms with Gasteiger partial charge in [0.25, 0.3) is 5.91 Å². The van der Waals surface area contributed by atoms with Gasteiger partial charge in [-0.2, -0.15) is 18.3 Å². The molecule has 1 N–H and O–H groups in total. The second-order valence-corrected chi connectivity index (χ2v) is 8.35. The first kappa shape index (κ1) is 25.1. The highest BCUT2D eigenvalue weighted by Gasteiger charge is 2.44. The van der Waals surface area contributed by atoms with E-state index < -0.39 is 35.4 Å². The molecule has 0 bridgehead atoms. The van der Waals surface area contributed by atoms with Crippen LogP contribution in [0.1, 0.15) is 50.5 Å². The first-order valence-electron chi connectivity index (χ1n) is 11.2. The number of benzene rings is 2. The van der Waals surface area contributed by atoms with Gasteiger partial charge in [0.2, 0.25) is 0 Å². The Morgan fingerprint density at radius 2 is 1.72 bits per heavy atom. The molecule has 2 aromatic carbocycles. The van der Waals surface area contributed by atoms with Crippen LogP contribution in [0.15, 0.2) is 48.5 Å². The predicted octanol–water partition coefficient (Wildman–Crippen LogP) is 4.21. The average molecular weight is 502 g/mol. The number of esters is 1. The van der Waals surface area contributed by atoms with Crippen molar-refractivity contribution in [3.63, 3.8) is 0 Å². The summed E-state index contributed by atoms with van der Waals surface area (Å²) in [6.45, 7) is 2.60. The molecule has 2 heterocycles. The molecule has 0 spiro atoms. The Morgan fingerprint density at radius 3 is 2.31 bits per heavy atom. The fraction of sp³-hybridized carbons (Fsp3) is 0.320. The van der Waals surface area contributed by atoms with Gasteiger partial charge >= 0.3 is 12.1 Å². The van der Waals surface area contributed by atoms with E-state index in [1.54, 1.807) is 43.2 Å². The number of carbonyl (C=O) groups is 2. The lowest BCUT2D eigenvalue weighted by atomic mass is 10.1. The molecule has 0 radical (unpaired) electrons. The number of fused-ring (bicyclic) bond motifs is 1. The summed E-state index contributed by atoms with van der Waals surface area (Å²) in [4.78, 5) is 26.6. The van der Waals surface area contributed by atoms with Gasteiger partial charge in [0, 0.05) is 13.1 Å². The molecule has 0 saturated carbocycles. The molecule has 0 aliphatic carbocycles. The van der Waals surface area contributed by atoms with Crippen LogP contribution in [0.5, 0.6) is 5.75 Å². The molecule has 36 heavy (non-hydrogen) atoms. The molecule has 0 saturated heterocycles. The Morgan fingerprint density at radius 1 is 1.06 bits per heavy atom. The average Bonchev–Trinajstić information content (AvgIpc) is 3.44. The summed E-state index contributed by atoms with van der Waals surface area (Å²) >= 11 is 0. The summed E-state index contributed by atoms with van der Waals surface area (Å²) in [5.74, 6) is -0.600. The van der Waals surface area contributed by atoms with Gasteiger partial charge < -0.3 is 19.7 Å². The van der Waals surface area contributed by atoms with Crippen molar-refractivity contribution in [3.8, 4) is 5.75 Å². The predicted molar refractivity (Wildman–Crippen MR) is 125 cm³/mol. The van der Waals surface area contributed by atoms with Crippen molar-refractivity contribution >= 4 is 17.7 Å². The van der Waals surface area contributed by atoms with E-state index in [2.05, 4.69) is 15.2 Å². The van der Waals surface area contributed by atoms with E-state index in [4.69, 9.17) is 4.74 Å². The molecule has 8 nitrogen and oxygen atoms in total. The van der Waals surface area contributed by atoms with Crippen LogP contribution in [0.25, 0.3) is 0 Å². The monoisotopic (exact) mass is 502 g/mol. The standard InChI is InChI=1S/C25H25F3N4O4/c1-15(17-6-8-18(9-7-17)24(34)36-3)29-22(33)20-21(25(26,27)28)30-32-13-12-31(23(20)32)14-16-4-10-19(35-2)11-5-16/h4-11,15H,12-14H2,1-3H3,(H,29,33). The number of hydrogen-bond donors (Lipinski definition) is 1. The third-order valence-electron chi connectivity index (χ3n) is 6.01. The van der Waals surface area contributed by atoms with Crippen LogP contribution in [0.4, 0.5) is 19.0 Å². The largest absolute Gasteiger partial charge is 0.497 e. The van der Waals surface area contributed by atoms with Crippen LogP contribution in [0, 0.1) is 0 Å². The van der Waals surface area contributed by atoms with Gasteiger partial charge in [0.15, 0.2) is 5.69 Å². The number of rotatable bonds is 7. The molecule has 11 heteroatoms. The minimum Gasteiger partial charge on any atom is -0.497 e. The van der Waals surface area contributed by atoms with E-state index in [0.29, 0.717) is 30.0 Å². The SMILES string of the molecule is COC(=O)c1ccc(C(C)NC(=O)c2c(C(F)(F)F)nn3c2N(Cc2ccc(OC)cc2)CC3)cc1. The van der Waals surface area contributed by atoms with E-state index in [-0.39, 0.29) is 12.4 Å². The Balaban J connectivity index is 1.61. The molecule has 1 aliphatic heterocycles. The van der Waals surface area contributed by atoms with Crippen molar-refractivity contribution in [2.24, 2.45) is 0 Å². The number of alkyl halides is 3. The number of nitrogens with one attached hydrogen (secondary N) is 1. The zero-order chi connectivity index (χ0) is 26.0. The van der Waals surface area contributed by atoms with Gasteiger partial charge in [0.1, 0.15) is 17.1 Å². The fourth-order valence-electron chi connectivity index (χ4n) is 4.14. The number of nitrogens with zero attached hydrogens (tertiary/aromatic N) is 3. The van der Waals surface area contributed by atoms with Crippen molar-refractivity contribution in [1.29, 1.82) is 0 Å². The van der Waals surface area contributed by atoms with E-state index >= 15 is 0 Å². The number of methoxy groups -OCH3 is 2. The highest BCUT2D eigenvalue weighted by atomic mass is 19.4. The number of amides is 1. The molecule has 190 valence electrons. The number of halogens is 3. The van der Waals surface area contributed by atoms with Crippen molar-refractivity contribution in [3.05, 3.63) is 76.5 Å². The van der Waals surface area contributed by atoms with Crippen molar-refractivity contribution in [1.82, 2.24) is 15.1 Å². The van der Waals surface area contributed by atoms with E-state index in [1.807, 2.05) is 12.1 Å². The maximum atomic E-state index is 13.9. The summed E-state index contributed by atoms with van der Waals surface area (Å²) < 4.78 is 52.7. The summed E-state index contributed by atoms with van der Waals surface area (Å²) in [5, 5.41) is 6.39. The van der Waals surface area contributed by atoms with Crippen LogP contribution in [-0.4, -0.2) is 42.4 Å². The summed E-state index contributed by atoms with van der Waals surface area (Å²) in [6.07, 6.45) is -4.80. The first-order chi connectivity index (χ1) is 17.1. The molecular formula is C25H25F3N4O4. The minimum absolute atomic E-state index is 0.129. The Kier molecular flexibility index (Phi) is 6.91. The normalized spacial score (nSPS) is 13.8. The Hall–Kier alpha value is -4.02. The first-order valence-corrected chi connectivity index (χ1v) is 11.2. The zero-order valence-corrected chi connectivity index (χ0v) is 19.9. The van der Waals surface area contributed by atoms with Gasteiger partial charge in [-0.1, -0.05) is 24.3 Å². The van der Waals surface area contributed by atoms with Crippen molar-refractivity contribution in [2.75, 3.05) is 25.7 Å².